The number of carboxylic acids is 1. The normalized spacial score (nSPS) is 19.0. The van der Waals surface area contributed by atoms with Crippen molar-refractivity contribution in [2.45, 2.75) is 18.9 Å². The number of carbonyl (C=O) groups excluding carboxylic acids is 2. The second-order valence-corrected chi connectivity index (χ2v) is 4.96. The van der Waals surface area contributed by atoms with Crippen LogP contribution >= 0.6 is 0 Å². The minimum absolute atomic E-state index is 0.0105. The monoisotopic (exact) mass is 273 g/mol. The minimum atomic E-state index is -1.52. The van der Waals surface area contributed by atoms with E-state index in [4.69, 9.17) is 5.11 Å². The Morgan fingerprint density at radius 1 is 1.42 bits per heavy atom. The number of carboxylic acid groups (broad SMARTS) is 1. The molecule has 3 N–H and O–H groups in total. The molecule has 1 unspecified atom stereocenters. The molecule has 0 aromatic carbocycles. The summed E-state index contributed by atoms with van der Waals surface area (Å²) in [6.45, 7) is 2.01. The van der Waals surface area contributed by atoms with Crippen LogP contribution in [0.15, 0.2) is 0 Å². The first-order valence-electron chi connectivity index (χ1n) is 5.92. The number of nitrogens with zero attached hydrogens (tertiary/aromatic N) is 2. The summed E-state index contributed by atoms with van der Waals surface area (Å²) < 4.78 is 0. The largest absolute Gasteiger partial charge is 0.481 e. The molecule has 1 atom stereocenters. The number of aliphatic carboxylic acids is 1. The van der Waals surface area contributed by atoms with Crippen molar-refractivity contribution in [3.8, 4) is 0 Å². The summed E-state index contributed by atoms with van der Waals surface area (Å²) in [5.41, 5.74) is -1.52. The van der Waals surface area contributed by atoms with Gasteiger partial charge in [-0.1, -0.05) is 0 Å². The number of rotatable bonds is 4. The smallest absolute Gasteiger partial charge is 0.318 e. The maximum atomic E-state index is 11.8. The van der Waals surface area contributed by atoms with Gasteiger partial charge in [-0.25, -0.2) is 4.79 Å². The van der Waals surface area contributed by atoms with Gasteiger partial charge in [-0.05, 0) is 6.92 Å². The molecule has 1 saturated heterocycles. The Bertz CT molecular complexity index is 383. The molecule has 0 spiro atoms. The van der Waals surface area contributed by atoms with Gasteiger partial charge in [-0.3, -0.25) is 9.59 Å². The zero-order valence-electron chi connectivity index (χ0n) is 11.0. The minimum Gasteiger partial charge on any atom is -0.481 e. The van der Waals surface area contributed by atoms with E-state index in [-0.39, 0.29) is 19.0 Å². The van der Waals surface area contributed by atoms with Gasteiger partial charge in [0.1, 0.15) is 6.54 Å². The molecule has 1 heterocycles. The van der Waals surface area contributed by atoms with Crippen LogP contribution in [-0.4, -0.2) is 76.7 Å². The maximum Gasteiger partial charge on any atom is 0.318 e. The molecular formula is C11H19N3O5. The standard InChI is InChI=1S/C11H19N3O5/c1-11(19,5-9(16)17)7-12-10(18)14-4-3-13(2)8(15)6-14/h19H,3-7H2,1-2H3,(H,12,18)(H,16,17). The summed E-state index contributed by atoms with van der Waals surface area (Å²) in [7, 11) is 1.66. The zero-order valence-corrected chi connectivity index (χ0v) is 11.0. The molecule has 8 nitrogen and oxygen atoms in total. The predicted molar refractivity (Wildman–Crippen MR) is 65.5 cm³/mol. The number of hydrogen-bond acceptors (Lipinski definition) is 4. The van der Waals surface area contributed by atoms with Crippen molar-refractivity contribution in [3.63, 3.8) is 0 Å². The van der Waals surface area contributed by atoms with E-state index in [0.717, 1.165) is 0 Å². The van der Waals surface area contributed by atoms with Crippen molar-refractivity contribution in [1.29, 1.82) is 0 Å². The average Bonchev–Trinajstić information content (AvgIpc) is 2.28. The van der Waals surface area contributed by atoms with Gasteiger partial charge in [-0.15, -0.1) is 0 Å². The van der Waals surface area contributed by atoms with Crippen molar-refractivity contribution >= 4 is 17.9 Å². The van der Waals surface area contributed by atoms with Gasteiger partial charge < -0.3 is 25.3 Å². The van der Waals surface area contributed by atoms with E-state index in [1.807, 2.05) is 0 Å². The van der Waals surface area contributed by atoms with Crippen LogP contribution in [-0.2, 0) is 9.59 Å². The van der Waals surface area contributed by atoms with Gasteiger partial charge in [0.05, 0.1) is 12.0 Å². The lowest BCUT2D eigenvalue weighted by Crippen LogP contribution is -2.55. The molecule has 0 aromatic heterocycles. The van der Waals surface area contributed by atoms with Crippen LogP contribution in [0.1, 0.15) is 13.3 Å². The third-order valence-corrected chi connectivity index (χ3v) is 2.90. The van der Waals surface area contributed by atoms with Crippen LogP contribution in [0.2, 0.25) is 0 Å². The molecule has 1 aliphatic heterocycles. The number of carbonyl (C=O) groups is 3. The average molecular weight is 273 g/mol. The highest BCUT2D eigenvalue weighted by Crippen LogP contribution is 2.08. The molecule has 19 heavy (non-hydrogen) atoms. The number of nitrogens with one attached hydrogen (secondary N) is 1. The molecular weight excluding hydrogens is 254 g/mol. The summed E-state index contributed by atoms with van der Waals surface area (Å²) in [5.74, 6) is -1.30. The topological polar surface area (TPSA) is 110 Å². The highest BCUT2D eigenvalue weighted by Gasteiger charge is 2.28. The molecule has 1 aliphatic rings. The molecule has 3 amide bonds. The number of aliphatic hydroxyl groups is 1. The summed E-state index contributed by atoms with van der Waals surface area (Å²) in [6, 6.07) is -0.480. The van der Waals surface area contributed by atoms with Crippen LogP contribution in [0.5, 0.6) is 0 Å². The molecule has 0 aromatic rings. The fourth-order valence-electron chi connectivity index (χ4n) is 1.70. The van der Waals surface area contributed by atoms with Crippen LogP contribution in [0.25, 0.3) is 0 Å². The number of piperazine rings is 1. The number of likely N-dealkylation sites (N-methyl/N-ethyl adjacent to an activating group) is 1. The molecule has 1 rings (SSSR count). The Balaban J connectivity index is 2.43. The number of amides is 3. The lowest BCUT2D eigenvalue weighted by atomic mass is 10.0. The third kappa shape index (κ3) is 4.74. The van der Waals surface area contributed by atoms with Crippen molar-refractivity contribution in [2.24, 2.45) is 0 Å². The van der Waals surface area contributed by atoms with E-state index in [2.05, 4.69) is 5.32 Å². The van der Waals surface area contributed by atoms with E-state index in [1.54, 1.807) is 7.05 Å². The first kappa shape index (κ1) is 15.2. The Morgan fingerprint density at radius 3 is 2.58 bits per heavy atom. The second kappa shape index (κ2) is 5.87. The molecule has 0 saturated carbocycles. The van der Waals surface area contributed by atoms with E-state index in [1.165, 1.54) is 16.7 Å². The molecule has 0 aliphatic carbocycles. The highest BCUT2D eigenvalue weighted by molar-refractivity contribution is 5.85. The quantitative estimate of drug-likeness (QED) is 0.589. The Morgan fingerprint density at radius 2 is 2.05 bits per heavy atom. The maximum absolute atomic E-state index is 11.8. The Labute approximate surface area is 111 Å². The van der Waals surface area contributed by atoms with E-state index in [0.29, 0.717) is 13.1 Å². The highest BCUT2D eigenvalue weighted by atomic mass is 16.4. The van der Waals surface area contributed by atoms with Gasteiger partial charge in [0.25, 0.3) is 0 Å². The lowest BCUT2D eigenvalue weighted by Gasteiger charge is -2.32. The van der Waals surface area contributed by atoms with Crippen molar-refractivity contribution < 1.29 is 24.6 Å². The molecule has 108 valence electrons. The summed E-state index contributed by atoms with van der Waals surface area (Å²) in [6.07, 6.45) is -0.463. The van der Waals surface area contributed by atoms with Gasteiger partial charge in [0.2, 0.25) is 5.91 Å². The van der Waals surface area contributed by atoms with Gasteiger partial charge in [0.15, 0.2) is 0 Å². The fourth-order valence-corrected chi connectivity index (χ4v) is 1.70. The number of hydrogen-bond donors (Lipinski definition) is 3. The second-order valence-electron chi connectivity index (χ2n) is 4.96. The summed E-state index contributed by atoms with van der Waals surface area (Å²) in [5, 5.41) is 20.8. The Kier molecular flexibility index (Phi) is 4.71. The summed E-state index contributed by atoms with van der Waals surface area (Å²) in [4.78, 5) is 36.6. The zero-order chi connectivity index (χ0) is 14.6. The first-order valence-corrected chi connectivity index (χ1v) is 5.92. The van der Waals surface area contributed by atoms with Crippen LogP contribution in [0, 0.1) is 0 Å². The SMILES string of the molecule is CN1CCN(C(=O)NCC(C)(O)CC(=O)O)CC1=O. The fraction of sp³-hybridized carbons (Fsp3) is 0.727. The van der Waals surface area contributed by atoms with Crippen molar-refractivity contribution in [1.82, 2.24) is 15.1 Å². The van der Waals surface area contributed by atoms with E-state index >= 15 is 0 Å². The van der Waals surface area contributed by atoms with Crippen LogP contribution < -0.4 is 5.32 Å². The molecule has 8 heteroatoms. The molecule has 0 radical (unpaired) electrons. The number of urea groups is 1. The predicted octanol–water partition coefficient (Wildman–Crippen LogP) is -1.30. The summed E-state index contributed by atoms with van der Waals surface area (Å²) >= 11 is 0. The van der Waals surface area contributed by atoms with Crippen LogP contribution in [0.4, 0.5) is 4.79 Å². The third-order valence-electron chi connectivity index (χ3n) is 2.90. The van der Waals surface area contributed by atoms with E-state index < -0.39 is 24.0 Å². The van der Waals surface area contributed by atoms with Crippen LogP contribution in [0.3, 0.4) is 0 Å². The van der Waals surface area contributed by atoms with Crippen molar-refractivity contribution in [2.75, 3.05) is 33.2 Å². The lowest BCUT2D eigenvalue weighted by molar-refractivity contribution is -0.141. The first-order chi connectivity index (χ1) is 8.71. The van der Waals surface area contributed by atoms with Gasteiger partial charge in [-0.2, -0.15) is 0 Å². The van der Waals surface area contributed by atoms with Crippen molar-refractivity contribution in [3.05, 3.63) is 0 Å². The van der Waals surface area contributed by atoms with Gasteiger partial charge in [0, 0.05) is 26.7 Å². The Hall–Kier alpha value is -1.83. The molecule has 1 fully saturated rings. The molecule has 0 bridgehead atoms. The van der Waals surface area contributed by atoms with Gasteiger partial charge >= 0.3 is 12.0 Å². The van der Waals surface area contributed by atoms with E-state index in [9.17, 15) is 19.5 Å².